The Hall–Kier alpha value is -1.04. The van der Waals surface area contributed by atoms with Crippen LogP contribution in [0.2, 0.25) is 0 Å². The molecule has 3 rings (SSSR count). The molecular weight excluding hydrogens is 332 g/mol. The van der Waals surface area contributed by atoms with Gasteiger partial charge in [-0.05, 0) is 18.8 Å². The lowest BCUT2D eigenvalue weighted by Crippen LogP contribution is -2.35. The van der Waals surface area contributed by atoms with Crippen molar-refractivity contribution in [2.45, 2.75) is 88.2 Å². The highest BCUT2D eigenvalue weighted by Crippen LogP contribution is 2.27. The SMILES string of the molecule is Cn1c(CC2CCCCC2)nnc1SCC(=O)NC1CCCCCC1. The molecule has 0 atom stereocenters. The standard InChI is InChI=1S/C19H32N4OS/c1-23-17(13-15-9-5-4-6-10-15)21-22-19(23)25-14-18(24)20-16-11-7-2-3-8-12-16/h15-16H,2-14H2,1H3,(H,20,24). The predicted octanol–water partition coefficient (Wildman–Crippen LogP) is 3.87. The Balaban J connectivity index is 1.45. The van der Waals surface area contributed by atoms with Crippen LogP contribution in [0.25, 0.3) is 0 Å². The molecule has 2 aliphatic carbocycles. The second-order valence-electron chi connectivity index (χ2n) is 7.71. The molecule has 0 unspecified atom stereocenters. The fourth-order valence-electron chi connectivity index (χ4n) is 4.12. The summed E-state index contributed by atoms with van der Waals surface area (Å²) in [4.78, 5) is 12.2. The number of nitrogens with zero attached hydrogens (tertiary/aromatic N) is 3. The number of rotatable bonds is 6. The zero-order valence-corrected chi connectivity index (χ0v) is 16.3. The molecule has 25 heavy (non-hydrogen) atoms. The van der Waals surface area contributed by atoms with Crippen LogP contribution in [0.4, 0.5) is 0 Å². The van der Waals surface area contributed by atoms with Gasteiger partial charge in [0.2, 0.25) is 5.91 Å². The Labute approximate surface area is 155 Å². The van der Waals surface area contributed by atoms with Crippen molar-refractivity contribution in [1.82, 2.24) is 20.1 Å². The van der Waals surface area contributed by atoms with Crippen LogP contribution < -0.4 is 5.32 Å². The van der Waals surface area contributed by atoms with Gasteiger partial charge >= 0.3 is 0 Å². The van der Waals surface area contributed by atoms with Crippen molar-refractivity contribution in [3.05, 3.63) is 5.82 Å². The lowest BCUT2D eigenvalue weighted by Gasteiger charge is -2.20. The average Bonchev–Trinajstić information content (AvgIpc) is 2.81. The summed E-state index contributed by atoms with van der Waals surface area (Å²) < 4.78 is 2.08. The Kier molecular flexibility index (Phi) is 7.20. The van der Waals surface area contributed by atoms with Crippen LogP contribution >= 0.6 is 11.8 Å². The van der Waals surface area contributed by atoms with E-state index in [0.717, 1.165) is 36.2 Å². The van der Waals surface area contributed by atoms with E-state index in [1.54, 1.807) is 0 Å². The minimum Gasteiger partial charge on any atom is -0.353 e. The van der Waals surface area contributed by atoms with Gasteiger partial charge in [-0.15, -0.1) is 10.2 Å². The largest absolute Gasteiger partial charge is 0.353 e. The van der Waals surface area contributed by atoms with Gasteiger partial charge in [0, 0.05) is 19.5 Å². The minimum atomic E-state index is 0.133. The van der Waals surface area contributed by atoms with E-state index >= 15 is 0 Å². The molecule has 6 heteroatoms. The van der Waals surface area contributed by atoms with Crippen LogP contribution in [0.1, 0.15) is 76.5 Å². The van der Waals surface area contributed by atoms with Gasteiger partial charge in [-0.25, -0.2) is 0 Å². The van der Waals surface area contributed by atoms with Gasteiger partial charge in [-0.3, -0.25) is 4.79 Å². The highest BCUT2D eigenvalue weighted by atomic mass is 32.2. The third kappa shape index (κ3) is 5.73. The van der Waals surface area contributed by atoms with E-state index in [4.69, 9.17) is 0 Å². The van der Waals surface area contributed by atoms with Crippen LogP contribution in [0.15, 0.2) is 5.16 Å². The number of amides is 1. The predicted molar refractivity (Wildman–Crippen MR) is 102 cm³/mol. The first-order chi connectivity index (χ1) is 12.2. The third-order valence-electron chi connectivity index (χ3n) is 5.67. The van der Waals surface area contributed by atoms with Gasteiger partial charge in [0.15, 0.2) is 5.16 Å². The first-order valence-electron chi connectivity index (χ1n) is 10.0. The third-order valence-corrected chi connectivity index (χ3v) is 6.69. The number of carbonyl (C=O) groups is 1. The molecule has 0 bridgehead atoms. The quantitative estimate of drug-likeness (QED) is 0.615. The highest BCUT2D eigenvalue weighted by Gasteiger charge is 2.19. The van der Waals surface area contributed by atoms with Crippen molar-refractivity contribution in [3.63, 3.8) is 0 Å². The topological polar surface area (TPSA) is 59.8 Å². The van der Waals surface area contributed by atoms with Crippen LogP contribution in [0.5, 0.6) is 0 Å². The van der Waals surface area contributed by atoms with Crippen molar-refractivity contribution < 1.29 is 4.79 Å². The lowest BCUT2D eigenvalue weighted by molar-refractivity contribution is -0.119. The summed E-state index contributed by atoms with van der Waals surface area (Å²) in [6.45, 7) is 0. The Morgan fingerprint density at radius 2 is 1.68 bits per heavy atom. The van der Waals surface area contributed by atoms with E-state index in [2.05, 4.69) is 20.1 Å². The minimum absolute atomic E-state index is 0.133. The van der Waals surface area contributed by atoms with Crippen molar-refractivity contribution in [2.75, 3.05) is 5.75 Å². The fraction of sp³-hybridized carbons (Fsp3) is 0.842. The van der Waals surface area contributed by atoms with Crippen LogP contribution in [-0.4, -0.2) is 32.5 Å². The first kappa shape index (κ1) is 18.7. The summed E-state index contributed by atoms with van der Waals surface area (Å²) in [6, 6.07) is 0.372. The van der Waals surface area contributed by atoms with E-state index in [0.29, 0.717) is 11.8 Å². The smallest absolute Gasteiger partial charge is 0.230 e. The maximum absolute atomic E-state index is 12.2. The molecule has 0 radical (unpaired) electrons. The van der Waals surface area contributed by atoms with Crippen molar-refractivity contribution in [3.8, 4) is 0 Å². The van der Waals surface area contributed by atoms with E-state index in [9.17, 15) is 4.79 Å². The number of hydrogen-bond donors (Lipinski definition) is 1. The molecule has 0 spiro atoms. The van der Waals surface area contributed by atoms with Gasteiger partial charge in [0.1, 0.15) is 5.82 Å². The van der Waals surface area contributed by atoms with Gasteiger partial charge < -0.3 is 9.88 Å². The Morgan fingerprint density at radius 1 is 1.04 bits per heavy atom. The molecule has 0 saturated heterocycles. The Bertz CT molecular complexity index is 546. The molecule has 2 saturated carbocycles. The molecule has 1 aromatic rings. The molecule has 1 N–H and O–H groups in total. The maximum Gasteiger partial charge on any atom is 0.230 e. The second kappa shape index (κ2) is 9.60. The monoisotopic (exact) mass is 364 g/mol. The number of carbonyl (C=O) groups excluding carboxylic acids is 1. The van der Waals surface area contributed by atoms with Gasteiger partial charge in [-0.2, -0.15) is 0 Å². The van der Waals surface area contributed by atoms with Gasteiger partial charge in [0.25, 0.3) is 0 Å². The summed E-state index contributed by atoms with van der Waals surface area (Å²) in [5.41, 5.74) is 0. The molecule has 2 aliphatic rings. The number of thioether (sulfide) groups is 1. The number of aromatic nitrogens is 3. The summed E-state index contributed by atoms with van der Waals surface area (Å²) in [5, 5.41) is 12.8. The van der Waals surface area contributed by atoms with Gasteiger partial charge in [0.05, 0.1) is 5.75 Å². The van der Waals surface area contributed by atoms with E-state index in [-0.39, 0.29) is 5.91 Å². The van der Waals surface area contributed by atoms with Crippen LogP contribution in [0, 0.1) is 5.92 Å². The molecule has 140 valence electrons. The molecule has 1 heterocycles. The molecule has 0 aliphatic heterocycles. The zero-order valence-electron chi connectivity index (χ0n) is 15.5. The molecule has 1 amide bonds. The summed E-state index contributed by atoms with van der Waals surface area (Å²) in [6.07, 6.45) is 15.1. The van der Waals surface area contributed by atoms with E-state index in [1.807, 2.05) is 7.05 Å². The molecule has 5 nitrogen and oxygen atoms in total. The van der Waals surface area contributed by atoms with Crippen molar-refractivity contribution >= 4 is 17.7 Å². The fourth-order valence-corrected chi connectivity index (χ4v) is 4.86. The molecule has 1 aromatic heterocycles. The maximum atomic E-state index is 12.2. The normalized spacial score (nSPS) is 20.4. The summed E-state index contributed by atoms with van der Waals surface area (Å²) in [7, 11) is 2.03. The lowest BCUT2D eigenvalue weighted by atomic mass is 9.87. The van der Waals surface area contributed by atoms with Crippen LogP contribution in [-0.2, 0) is 18.3 Å². The molecule has 0 aromatic carbocycles. The molecular formula is C19H32N4OS. The van der Waals surface area contributed by atoms with Crippen molar-refractivity contribution in [2.24, 2.45) is 13.0 Å². The van der Waals surface area contributed by atoms with Crippen molar-refractivity contribution in [1.29, 1.82) is 0 Å². The van der Waals surface area contributed by atoms with Gasteiger partial charge in [-0.1, -0.05) is 69.5 Å². The number of nitrogens with one attached hydrogen (secondary N) is 1. The zero-order chi connectivity index (χ0) is 17.5. The summed E-state index contributed by atoms with van der Waals surface area (Å²) >= 11 is 1.51. The summed E-state index contributed by atoms with van der Waals surface area (Å²) in [5.74, 6) is 2.40. The van der Waals surface area contributed by atoms with E-state index < -0.39 is 0 Å². The molecule has 2 fully saturated rings. The number of hydrogen-bond acceptors (Lipinski definition) is 4. The van der Waals surface area contributed by atoms with Crippen LogP contribution in [0.3, 0.4) is 0 Å². The Morgan fingerprint density at radius 3 is 2.40 bits per heavy atom. The second-order valence-corrected chi connectivity index (χ2v) is 8.65. The van der Waals surface area contributed by atoms with E-state index in [1.165, 1.54) is 69.5 Å². The first-order valence-corrected chi connectivity index (χ1v) is 11.0. The average molecular weight is 365 g/mol. The highest BCUT2D eigenvalue weighted by molar-refractivity contribution is 7.99.